The molecule has 176 valence electrons. The van der Waals surface area contributed by atoms with Gasteiger partial charge in [-0.15, -0.1) is 0 Å². The van der Waals surface area contributed by atoms with Crippen LogP contribution in [0.2, 0.25) is 5.02 Å². The van der Waals surface area contributed by atoms with Gasteiger partial charge in [0.1, 0.15) is 29.3 Å². The van der Waals surface area contributed by atoms with E-state index in [1.807, 2.05) is 37.3 Å². The van der Waals surface area contributed by atoms with Gasteiger partial charge in [-0.25, -0.2) is 13.2 Å². The molecule has 0 aromatic heterocycles. The fraction of sp³-hybridized carbons (Fsp3) is 0.154. The Morgan fingerprint density at radius 2 is 1.91 bits per heavy atom. The molecule has 2 aromatic rings. The molecule has 1 amide bonds. The number of aliphatic imine (C=N–C) groups is 1. The lowest BCUT2D eigenvalue weighted by Gasteiger charge is -2.28. The van der Waals surface area contributed by atoms with Crippen LogP contribution in [0.1, 0.15) is 37.1 Å². The van der Waals surface area contributed by atoms with Crippen LogP contribution < -0.4 is 10.6 Å². The molecule has 4 nitrogen and oxygen atoms in total. The molecule has 0 bridgehead atoms. The van der Waals surface area contributed by atoms with Crippen LogP contribution in [0.15, 0.2) is 101 Å². The van der Waals surface area contributed by atoms with Gasteiger partial charge in [-0.2, -0.15) is 0 Å². The molecule has 1 heterocycles. The maximum atomic E-state index is 14.4. The fourth-order valence-corrected chi connectivity index (χ4v) is 3.89. The highest BCUT2D eigenvalue weighted by atomic mass is 35.5. The van der Waals surface area contributed by atoms with Crippen LogP contribution >= 0.6 is 11.6 Å². The molecular weight excluding hydrogens is 463 g/mol. The third kappa shape index (κ3) is 5.31. The minimum absolute atomic E-state index is 0.0120. The third-order valence-electron chi connectivity index (χ3n) is 5.32. The van der Waals surface area contributed by atoms with Gasteiger partial charge >= 0.3 is 0 Å². The lowest BCUT2D eigenvalue weighted by atomic mass is 9.94. The number of halogens is 4. The first-order chi connectivity index (χ1) is 16.1. The van der Waals surface area contributed by atoms with Crippen molar-refractivity contribution < 1.29 is 18.0 Å². The maximum absolute atomic E-state index is 14.4. The normalized spacial score (nSPS) is 17.2. The quantitative estimate of drug-likeness (QED) is 0.436. The lowest BCUT2D eigenvalue weighted by molar-refractivity contribution is -0.118. The number of carbonyl (C=O) groups is 1. The Balaban J connectivity index is 2.10. The largest absolute Gasteiger partial charge is 0.346 e. The summed E-state index contributed by atoms with van der Waals surface area (Å²) in [5.41, 5.74) is 1.11. The first-order valence-electron chi connectivity index (χ1n) is 10.4. The Kier molecular flexibility index (Phi) is 7.79. The van der Waals surface area contributed by atoms with Crippen LogP contribution in [0.5, 0.6) is 0 Å². The molecule has 34 heavy (non-hydrogen) atoms. The molecule has 0 spiro atoms. The fourth-order valence-electron chi connectivity index (χ4n) is 3.62. The second-order valence-electron chi connectivity index (χ2n) is 7.65. The van der Waals surface area contributed by atoms with Gasteiger partial charge in [-0.3, -0.25) is 9.79 Å². The predicted molar refractivity (Wildman–Crippen MR) is 129 cm³/mol. The molecule has 0 aliphatic carbocycles. The first-order valence-corrected chi connectivity index (χ1v) is 10.8. The van der Waals surface area contributed by atoms with E-state index >= 15 is 0 Å². The van der Waals surface area contributed by atoms with Crippen LogP contribution in [0.4, 0.5) is 13.2 Å². The van der Waals surface area contributed by atoms with Gasteiger partial charge < -0.3 is 10.6 Å². The van der Waals surface area contributed by atoms with Gasteiger partial charge in [0.25, 0.3) is 5.91 Å². The number of benzene rings is 2. The monoisotopic (exact) mass is 485 g/mol. The van der Waals surface area contributed by atoms with E-state index in [0.717, 1.165) is 17.7 Å². The maximum Gasteiger partial charge on any atom is 0.251 e. The molecule has 0 radical (unpaired) electrons. The summed E-state index contributed by atoms with van der Waals surface area (Å²) in [6.45, 7) is 9.89. The SMILES string of the molecule is C=C/C(F)=C(\C(=C)F)C1=N[C@@H](c2ccc(F)cc2Cl)C(C(=O)N[C@H](C)c2ccccc2)=C(C)N1. The highest BCUT2D eigenvalue weighted by Gasteiger charge is 2.33. The molecule has 8 heteroatoms. The average Bonchev–Trinajstić information content (AvgIpc) is 2.78. The smallest absolute Gasteiger partial charge is 0.251 e. The molecule has 1 aliphatic heterocycles. The highest BCUT2D eigenvalue weighted by Crippen LogP contribution is 2.37. The van der Waals surface area contributed by atoms with Gasteiger partial charge in [0.05, 0.1) is 17.2 Å². The van der Waals surface area contributed by atoms with E-state index in [4.69, 9.17) is 11.6 Å². The summed E-state index contributed by atoms with van der Waals surface area (Å²) in [6.07, 6.45) is 0.826. The van der Waals surface area contributed by atoms with Crippen molar-refractivity contribution in [2.45, 2.75) is 25.9 Å². The van der Waals surface area contributed by atoms with Crippen molar-refractivity contribution >= 4 is 23.3 Å². The number of nitrogens with zero attached hydrogens (tertiary/aromatic N) is 1. The molecule has 3 rings (SSSR count). The van der Waals surface area contributed by atoms with Gasteiger partial charge in [-0.05, 0) is 37.6 Å². The first kappa shape index (κ1) is 25.1. The molecule has 0 fully saturated rings. The van der Waals surface area contributed by atoms with E-state index in [-0.39, 0.29) is 22.5 Å². The van der Waals surface area contributed by atoms with E-state index in [1.165, 1.54) is 12.1 Å². The number of nitrogens with one attached hydrogen (secondary N) is 2. The highest BCUT2D eigenvalue weighted by molar-refractivity contribution is 6.31. The van der Waals surface area contributed by atoms with Crippen LogP contribution in [-0.4, -0.2) is 11.7 Å². The number of amidine groups is 1. The van der Waals surface area contributed by atoms with E-state index in [9.17, 15) is 18.0 Å². The number of hydrogen-bond acceptors (Lipinski definition) is 3. The minimum Gasteiger partial charge on any atom is -0.346 e. The van der Waals surface area contributed by atoms with Crippen LogP contribution in [0.25, 0.3) is 0 Å². The van der Waals surface area contributed by atoms with Crippen LogP contribution in [0, 0.1) is 5.82 Å². The van der Waals surface area contributed by atoms with E-state index < -0.39 is 35.0 Å². The second kappa shape index (κ2) is 10.6. The summed E-state index contributed by atoms with van der Waals surface area (Å²) in [4.78, 5) is 17.8. The Labute approximate surface area is 201 Å². The summed E-state index contributed by atoms with van der Waals surface area (Å²) in [6, 6.07) is 11.5. The van der Waals surface area contributed by atoms with Gasteiger partial charge in [-0.1, -0.05) is 61.2 Å². The molecule has 2 N–H and O–H groups in total. The lowest BCUT2D eigenvalue weighted by Crippen LogP contribution is -2.37. The third-order valence-corrected chi connectivity index (χ3v) is 5.64. The molecule has 2 atom stereocenters. The van der Waals surface area contributed by atoms with Gasteiger partial charge in [0.15, 0.2) is 0 Å². The minimum atomic E-state index is -1.08. The summed E-state index contributed by atoms with van der Waals surface area (Å²) in [5, 5.41) is 5.72. The van der Waals surface area contributed by atoms with Crippen molar-refractivity contribution in [2.24, 2.45) is 4.99 Å². The van der Waals surface area contributed by atoms with Crippen molar-refractivity contribution in [1.29, 1.82) is 0 Å². The average molecular weight is 486 g/mol. The second-order valence-corrected chi connectivity index (χ2v) is 8.05. The molecule has 1 aliphatic rings. The Morgan fingerprint density at radius 1 is 1.24 bits per heavy atom. The van der Waals surface area contributed by atoms with Gasteiger partial charge in [0.2, 0.25) is 0 Å². The Bertz CT molecular complexity index is 1240. The van der Waals surface area contributed by atoms with Crippen molar-refractivity contribution in [3.05, 3.63) is 118 Å². The Morgan fingerprint density at radius 3 is 2.50 bits per heavy atom. The van der Waals surface area contributed by atoms with Crippen molar-refractivity contribution in [1.82, 2.24) is 10.6 Å². The Hall–Kier alpha value is -3.58. The molecule has 0 saturated carbocycles. The topological polar surface area (TPSA) is 53.5 Å². The number of amides is 1. The molecular formula is C26H23ClF3N3O. The molecule has 0 unspecified atom stereocenters. The number of allylic oxidation sites excluding steroid dienone is 3. The molecule has 0 saturated heterocycles. The van der Waals surface area contributed by atoms with Gasteiger partial charge in [0, 0.05) is 16.3 Å². The van der Waals surface area contributed by atoms with Crippen molar-refractivity contribution in [3.63, 3.8) is 0 Å². The zero-order chi connectivity index (χ0) is 25.0. The van der Waals surface area contributed by atoms with Crippen LogP contribution in [-0.2, 0) is 4.79 Å². The summed E-state index contributed by atoms with van der Waals surface area (Å²) < 4.78 is 42.3. The number of rotatable bonds is 7. The molecule has 2 aromatic carbocycles. The van der Waals surface area contributed by atoms with Crippen molar-refractivity contribution in [2.75, 3.05) is 0 Å². The number of carbonyl (C=O) groups excluding carboxylic acids is 1. The van der Waals surface area contributed by atoms with E-state index in [2.05, 4.69) is 28.8 Å². The standard InChI is InChI=1S/C26H23ClF3N3O/c1-5-21(30)22(14(2)28)25-31-16(4)23(24(33-25)19-12-11-18(29)13-20(19)27)26(34)32-15(3)17-9-7-6-8-10-17/h5-13,15,24H,1-2H2,3-4H3,(H,31,33)(H,32,34)/b22-21-/t15-,24+/m1/s1. The zero-order valence-electron chi connectivity index (χ0n) is 18.6. The van der Waals surface area contributed by atoms with Crippen molar-refractivity contribution in [3.8, 4) is 0 Å². The van der Waals surface area contributed by atoms with E-state index in [0.29, 0.717) is 11.3 Å². The summed E-state index contributed by atoms with van der Waals surface area (Å²) in [7, 11) is 0. The van der Waals surface area contributed by atoms with Crippen LogP contribution in [0.3, 0.4) is 0 Å². The summed E-state index contributed by atoms with van der Waals surface area (Å²) in [5.74, 6) is -3.30. The number of hydrogen-bond donors (Lipinski definition) is 2. The summed E-state index contributed by atoms with van der Waals surface area (Å²) >= 11 is 6.28. The predicted octanol–water partition coefficient (Wildman–Crippen LogP) is 6.57. The van der Waals surface area contributed by atoms with E-state index in [1.54, 1.807) is 6.92 Å². The zero-order valence-corrected chi connectivity index (χ0v) is 19.4.